The van der Waals surface area contributed by atoms with Gasteiger partial charge in [-0.3, -0.25) is 19.2 Å². The molecule has 0 spiro atoms. The molecule has 21 nitrogen and oxygen atoms in total. The Morgan fingerprint density at radius 2 is 1.35 bits per heavy atom. The molecule has 65 heavy (non-hydrogen) atoms. The summed E-state index contributed by atoms with van der Waals surface area (Å²) in [7, 11) is 6.77. The summed E-state index contributed by atoms with van der Waals surface area (Å²) >= 11 is 0. The van der Waals surface area contributed by atoms with Crippen molar-refractivity contribution in [3.63, 3.8) is 0 Å². The quantitative estimate of drug-likeness (QED) is 0.120. The molecule has 0 aromatic rings. The number of methoxy groups -OCH3 is 2. The van der Waals surface area contributed by atoms with Crippen LogP contribution in [0.4, 0.5) is 0 Å². The Balaban J connectivity index is 0.000000965. The van der Waals surface area contributed by atoms with E-state index in [1.54, 1.807) is 48.5 Å². The largest absolute Gasteiger partial charge is 0.481 e. The molecular weight excluding hydrogens is 862 g/mol. The average molecular weight is 940 g/mol. The van der Waals surface area contributed by atoms with E-state index in [-0.39, 0.29) is 37.2 Å². The van der Waals surface area contributed by atoms with Crippen LogP contribution in [0, 0.1) is 23.7 Å². The highest BCUT2D eigenvalue weighted by atomic mass is 16.7. The molecule has 3 aliphatic rings. The molecule has 3 saturated heterocycles. The highest BCUT2D eigenvalue weighted by molar-refractivity contribution is 5.88. The molecular formula is C44H77NO20. The fourth-order valence-corrected chi connectivity index (χ4v) is 9.30. The zero-order valence-corrected chi connectivity index (χ0v) is 40.3. The Labute approximate surface area is 381 Å². The van der Waals surface area contributed by atoms with E-state index >= 15 is 0 Å². The van der Waals surface area contributed by atoms with E-state index in [4.69, 9.17) is 53.6 Å². The fourth-order valence-electron chi connectivity index (χ4n) is 9.30. The third-order valence-electron chi connectivity index (χ3n) is 13.6. The number of hydrogen-bond donors (Lipinski definition) is 8. The number of nitrogens with zero attached hydrogens (tertiary/aromatic N) is 1. The second kappa shape index (κ2) is 23.4. The van der Waals surface area contributed by atoms with Crippen LogP contribution in [0.2, 0.25) is 0 Å². The van der Waals surface area contributed by atoms with Crippen LogP contribution in [-0.2, 0) is 57.1 Å². The van der Waals surface area contributed by atoms with Crippen LogP contribution in [0.5, 0.6) is 0 Å². The molecule has 3 fully saturated rings. The molecule has 3 heterocycles. The van der Waals surface area contributed by atoms with Crippen molar-refractivity contribution in [2.24, 2.45) is 23.7 Å². The number of cyclic esters (lactones) is 1. The molecule has 0 aliphatic carbocycles. The second-order valence-corrected chi connectivity index (χ2v) is 19.1. The van der Waals surface area contributed by atoms with Crippen LogP contribution < -0.4 is 0 Å². The Hall–Kier alpha value is -2.93. The van der Waals surface area contributed by atoms with Gasteiger partial charge in [0.05, 0.1) is 60.5 Å². The number of esters is 1. The summed E-state index contributed by atoms with van der Waals surface area (Å²) in [6.07, 6.45) is -11.0. The number of likely N-dealkylation sites (N-methyl/N-ethyl adjacent to an activating group) is 1. The topological polar surface area (TPSA) is 315 Å². The summed E-state index contributed by atoms with van der Waals surface area (Å²) in [6, 6.07) is -0.283. The number of aliphatic carboxylic acids is 3. The number of carbonyl (C=O) groups excluding carboxylic acids is 2. The molecule has 8 N–H and O–H groups in total. The number of aliphatic hydroxyl groups excluding tert-OH is 3. The molecule has 0 amide bonds. The van der Waals surface area contributed by atoms with Crippen LogP contribution >= 0.6 is 0 Å². The molecule has 3 rings (SSSR count). The van der Waals surface area contributed by atoms with E-state index in [1.807, 2.05) is 32.8 Å². The number of carbonyl (C=O) groups is 5. The van der Waals surface area contributed by atoms with Crippen molar-refractivity contribution in [3.05, 3.63) is 0 Å². The minimum atomic E-state index is -2.74. The maximum absolute atomic E-state index is 14.2. The average Bonchev–Trinajstić information content (AvgIpc) is 3.21. The van der Waals surface area contributed by atoms with Gasteiger partial charge in [-0.05, 0) is 74.9 Å². The number of aliphatic hydroxyl groups is 5. The molecule has 0 radical (unpaired) electrons. The van der Waals surface area contributed by atoms with Crippen LogP contribution in [0.1, 0.15) is 108 Å². The molecule has 0 aromatic carbocycles. The number of carboxylic acids is 3. The van der Waals surface area contributed by atoms with Crippen LogP contribution in [-0.4, -0.2) is 194 Å². The van der Waals surface area contributed by atoms with E-state index in [0.717, 1.165) is 0 Å². The maximum Gasteiger partial charge on any atom is 0.336 e. The molecule has 18 atom stereocenters. The number of ether oxygens (including phenoxy) is 7. The first-order valence-corrected chi connectivity index (χ1v) is 22.1. The molecule has 378 valence electrons. The van der Waals surface area contributed by atoms with E-state index in [1.165, 1.54) is 21.1 Å². The van der Waals surface area contributed by atoms with E-state index in [9.17, 15) is 44.4 Å². The summed E-state index contributed by atoms with van der Waals surface area (Å²) < 4.78 is 43.9. The van der Waals surface area contributed by atoms with Gasteiger partial charge in [0.15, 0.2) is 18.2 Å². The van der Waals surface area contributed by atoms with Crippen molar-refractivity contribution >= 4 is 29.7 Å². The lowest BCUT2D eigenvalue weighted by atomic mass is 9.74. The summed E-state index contributed by atoms with van der Waals surface area (Å²) in [5, 5.41) is 79.4. The number of hydrogen-bond acceptors (Lipinski definition) is 18. The lowest BCUT2D eigenvalue weighted by Gasteiger charge is -2.50. The third-order valence-corrected chi connectivity index (χ3v) is 13.6. The minimum Gasteiger partial charge on any atom is -0.481 e. The van der Waals surface area contributed by atoms with Gasteiger partial charge in [0.25, 0.3) is 0 Å². The zero-order chi connectivity index (χ0) is 50.3. The normalized spacial score (nSPS) is 41.4. The smallest absolute Gasteiger partial charge is 0.336 e. The Morgan fingerprint density at radius 3 is 1.82 bits per heavy atom. The maximum atomic E-state index is 14.2. The third kappa shape index (κ3) is 14.1. The monoisotopic (exact) mass is 940 g/mol. The van der Waals surface area contributed by atoms with Crippen molar-refractivity contribution in [2.45, 2.75) is 198 Å². The van der Waals surface area contributed by atoms with E-state index < -0.39 is 138 Å². The van der Waals surface area contributed by atoms with E-state index in [2.05, 4.69) is 0 Å². The molecule has 0 aromatic heterocycles. The van der Waals surface area contributed by atoms with Crippen LogP contribution in [0.3, 0.4) is 0 Å². The van der Waals surface area contributed by atoms with Gasteiger partial charge in [-0.25, -0.2) is 4.79 Å². The number of carboxylic acid groups (broad SMARTS) is 3. The van der Waals surface area contributed by atoms with Crippen molar-refractivity contribution in [1.29, 1.82) is 0 Å². The van der Waals surface area contributed by atoms with Gasteiger partial charge < -0.3 is 78.9 Å². The van der Waals surface area contributed by atoms with Gasteiger partial charge in [0.1, 0.15) is 29.7 Å². The minimum absolute atomic E-state index is 0.111. The number of Topliss-reactive ketones (excluding diaryl/α,β-unsaturated/α-hetero) is 1. The van der Waals surface area contributed by atoms with Gasteiger partial charge in [-0.2, -0.15) is 0 Å². The fraction of sp³-hybridized carbons (Fsp3) is 0.886. The first-order valence-electron chi connectivity index (χ1n) is 22.1. The summed E-state index contributed by atoms with van der Waals surface area (Å²) in [5.74, 6) is -9.49. The molecule has 0 unspecified atom stereocenters. The standard InChI is InChI=1S/C38H69NO13.C6H8O7/c1-15-26-38(10,45)31(42)21(4)28(40)19(2)17-37(9,47-14)33(52-35-29(41)25(39(11)12)16-20(3)48-35)22(5)30(23(6)34(44)50-26)51-27-18-36(8,46-13)32(43)24(7)49-27;7-3(8)1-6(13,5(11)12)2-4(9)10/h19-27,29-33,35,41-43,45H,15-18H2,1-14H3;13H,1-2H2,(H,7,8)(H,9,10)(H,11,12)/t19-,20-,21-,22+,23-,24+,25+,26+,27+,29-,30-,31-,32+,33-,35+,36-,37+,38-;/m1./s1. The van der Waals surface area contributed by atoms with Gasteiger partial charge >= 0.3 is 23.9 Å². The molecule has 0 saturated carbocycles. The SMILES string of the molecule is CC[C@@H]1OC(=O)[C@H](C)[C@H](O[C@H]2C[C@@](C)(OC)[C@@H](O)[C@H](C)O2)[C@H](C)[C@@H](O[C@@H]2O[C@H](C)C[C@H](N(C)C)[C@H]2O)[C@@](C)(OC)C[C@@H](C)C(=O)[C@@H](C)[C@@H](O)[C@]1(C)O.O=C(O)CC(O)(CC(=O)O)C(=O)O. The van der Waals surface area contributed by atoms with Crippen LogP contribution in [0.25, 0.3) is 0 Å². The van der Waals surface area contributed by atoms with Gasteiger partial charge in [-0.1, -0.05) is 27.7 Å². The van der Waals surface area contributed by atoms with Crippen LogP contribution in [0.15, 0.2) is 0 Å². The molecule has 3 aliphatic heterocycles. The Kier molecular flexibility index (Phi) is 20.9. The van der Waals surface area contributed by atoms with Gasteiger partial charge in [0.2, 0.25) is 0 Å². The Bertz CT molecular complexity index is 1600. The van der Waals surface area contributed by atoms with Crippen molar-refractivity contribution in [1.82, 2.24) is 4.90 Å². The predicted molar refractivity (Wildman–Crippen MR) is 228 cm³/mol. The Morgan fingerprint density at radius 1 is 0.815 bits per heavy atom. The van der Waals surface area contributed by atoms with Crippen molar-refractivity contribution in [2.75, 3.05) is 28.3 Å². The van der Waals surface area contributed by atoms with Gasteiger partial charge in [0, 0.05) is 44.4 Å². The number of ketones is 1. The zero-order valence-electron chi connectivity index (χ0n) is 40.3. The van der Waals surface area contributed by atoms with Gasteiger partial charge in [-0.15, -0.1) is 0 Å². The molecule has 0 bridgehead atoms. The summed E-state index contributed by atoms with van der Waals surface area (Å²) in [5.41, 5.74) is -6.98. The highest BCUT2D eigenvalue weighted by Crippen LogP contribution is 2.42. The lowest BCUT2D eigenvalue weighted by Crippen LogP contribution is -2.61. The second-order valence-electron chi connectivity index (χ2n) is 19.1. The first-order chi connectivity index (χ1) is 29.8. The summed E-state index contributed by atoms with van der Waals surface area (Å²) in [4.78, 5) is 60.6. The predicted octanol–water partition coefficient (Wildman–Crippen LogP) is 1.19. The summed E-state index contributed by atoms with van der Waals surface area (Å²) in [6.45, 7) is 17.1. The highest BCUT2D eigenvalue weighted by Gasteiger charge is 2.54. The van der Waals surface area contributed by atoms with Crippen molar-refractivity contribution in [3.8, 4) is 0 Å². The first kappa shape index (κ1) is 58.2. The lowest BCUT2D eigenvalue weighted by molar-refractivity contribution is -0.319. The van der Waals surface area contributed by atoms with Crippen molar-refractivity contribution < 1.29 is 98.0 Å². The molecule has 21 heteroatoms. The number of rotatable bonds is 13. The van der Waals surface area contributed by atoms with E-state index in [0.29, 0.717) is 6.42 Å².